The molecule has 6 heterocycles. The Kier molecular flexibility index (Phi) is 13.7. The number of hydrogen-bond donors (Lipinski definition) is 0. The summed E-state index contributed by atoms with van der Waals surface area (Å²) in [5.74, 6) is 5.01. The summed E-state index contributed by atoms with van der Waals surface area (Å²) in [6, 6.07) is 40.0. The fourth-order valence-electron chi connectivity index (χ4n) is 11.0. The Labute approximate surface area is 458 Å². The molecular weight excluding hydrogens is 985 g/mol. The molecule has 78 heavy (non-hydrogen) atoms. The van der Waals surface area contributed by atoms with Crippen LogP contribution in [-0.2, 0) is 63.9 Å². The summed E-state index contributed by atoms with van der Waals surface area (Å²) in [6.07, 6.45) is 2.39. The molecule has 1 aliphatic carbocycles. The maximum atomic E-state index is 7.13. The van der Waals surface area contributed by atoms with E-state index in [1.807, 2.05) is 0 Å². The lowest BCUT2D eigenvalue weighted by Gasteiger charge is -2.33. The average molecular weight is 1060 g/mol. The predicted octanol–water partition coefficient (Wildman–Crippen LogP) is 10.4. The van der Waals surface area contributed by atoms with Crippen molar-refractivity contribution < 1.29 is 56.8 Å². The van der Waals surface area contributed by atoms with Crippen molar-refractivity contribution in [2.45, 2.75) is 114 Å². The van der Waals surface area contributed by atoms with E-state index in [4.69, 9.17) is 56.8 Å². The van der Waals surface area contributed by atoms with Crippen molar-refractivity contribution in [3.05, 3.63) is 176 Å². The summed E-state index contributed by atoms with van der Waals surface area (Å²) in [6.45, 7) is 21.2. The van der Waals surface area contributed by atoms with E-state index in [-0.39, 0.29) is 42.0 Å². The van der Waals surface area contributed by atoms with Crippen LogP contribution in [0.15, 0.2) is 109 Å². The van der Waals surface area contributed by atoms with Gasteiger partial charge in [0.05, 0.1) is 39.6 Å². The fraction of sp³-hybridized carbons (Fsp3) is 0.455. The van der Waals surface area contributed by atoms with E-state index in [2.05, 4.69) is 151 Å². The second-order valence-electron chi connectivity index (χ2n) is 23.9. The van der Waals surface area contributed by atoms with Crippen LogP contribution in [0.3, 0.4) is 0 Å². The molecule has 0 spiro atoms. The van der Waals surface area contributed by atoms with Crippen molar-refractivity contribution in [2.75, 3.05) is 79.3 Å². The SMILES string of the molecule is CC(C)(c1ccc(OCC2CO2)cc1)c1ccc(OCC2CO2)c(Cc2cc3cc(c2OCC2CO2)Cc2cc(ccc2OCC2CO2)C(C)(C)c2ccc(OCC4CO4)cc2Cc2cc(OCC4CO4)ccc2C3(C)C)c1. The Hall–Kier alpha value is -6.12. The van der Waals surface area contributed by atoms with Crippen molar-refractivity contribution in [3.8, 4) is 34.5 Å². The normalized spacial score (nSPS) is 23.6. The van der Waals surface area contributed by atoms with Crippen molar-refractivity contribution >= 4 is 0 Å². The van der Waals surface area contributed by atoms with Gasteiger partial charge in [0.25, 0.3) is 0 Å². The molecule has 6 aliphatic heterocycles. The van der Waals surface area contributed by atoms with Gasteiger partial charge in [-0.1, -0.05) is 102 Å². The summed E-state index contributed by atoms with van der Waals surface area (Å²) < 4.78 is 73.2. The van der Waals surface area contributed by atoms with Crippen LogP contribution in [0.5, 0.6) is 34.5 Å². The third-order valence-corrected chi connectivity index (χ3v) is 16.7. The first-order valence-electron chi connectivity index (χ1n) is 28.1. The second-order valence-corrected chi connectivity index (χ2v) is 23.9. The van der Waals surface area contributed by atoms with Crippen LogP contribution < -0.4 is 28.4 Å². The zero-order valence-electron chi connectivity index (χ0n) is 45.9. The topological polar surface area (TPSA) is 131 Å². The van der Waals surface area contributed by atoms with Gasteiger partial charge < -0.3 is 56.8 Å². The largest absolute Gasteiger partial charge is 0.491 e. The van der Waals surface area contributed by atoms with Gasteiger partial charge in [-0.25, -0.2) is 0 Å². The molecule has 0 amide bonds. The first kappa shape index (κ1) is 51.3. The van der Waals surface area contributed by atoms with Gasteiger partial charge in [-0.3, -0.25) is 0 Å². The molecule has 0 aromatic heterocycles. The van der Waals surface area contributed by atoms with Gasteiger partial charge in [0.2, 0.25) is 0 Å². The smallest absolute Gasteiger partial charge is 0.126 e. The molecule has 0 radical (unpaired) electrons. The molecule has 6 saturated heterocycles. The Balaban J connectivity index is 0.963. The molecule has 0 saturated carbocycles. The molecule has 12 nitrogen and oxygen atoms in total. The highest BCUT2D eigenvalue weighted by molar-refractivity contribution is 5.59. The molecule has 7 aliphatic rings. The van der Waals surface area contributed by atoms with Gasteiger partial charge >= 0.3 is 0 Å². The van der Waals surface area contributed by atoms with Gasteiger partial charge in [0.1, 0.15) is 111 Å². The summed E-state index contributed by atoms with van der Waals surface area (Å²) >= 11 is 0. The quantitative estimate of drug-likeness (QED) is 0.0600. The Morgan fingerprint density at radius 3 is 1.38 bits per heavy atom. The minimum Gasteiger partial charge on any atom is -0.491 e. The molecule has 408 valence electrons. The van der Waals surface area contributed by atoms with Gasteiger partial charge in [0.15, 0.2) is 0 Å². The molecule has 12 heteroatoms. The molecular formula is C66H72O12. The molecule has 4 bridgehead atoms. The highest BCUT2D eigenvalue weighted by Crippen LogP contribution is 2.46. The van der Waals surface area contributed by atoms with E-state index in [0.29, 0.717) is 78.7 Å². The predicted molar refractivity (Wildman–Crippen MR) is 295 cm³/mol. The van der Waals surface area contributed by atoms with E-state index in [9.17, 15) is 0 Å². The Bertz CT molecular complexity index is 3160. The average Bonchev–Trinajstić information content (AvgIpc) is 4.26. The molecule has 6 aromatic rings. The number of benzene rings is 6. The number of hydrogen-bond acceptors (Lipinski definition) is 12. The lowest BCUT2D eigenvalue weighted by atomic mass is 9.71. The van der Waals surface area contributed by atoms with Crippen LogP contribution >= 0.6 is 0 Å². The van der Waals surface area contributed by atoms with Crippen molar-refractivity contribution in [1.29, 1.82) is 0 Å². The number of fused-ring (bicyclic) bond motifs is 6. The van der Waals surface area contributed by atoms with Gasteiger partial charge in [-0.15, -0.1) is 0 Å². The first-order chi connectivity index (χ1) is 37.8. The summed E-state index contributed by atoms with van der Waals surface area (Å²) in [5, 5.41) is 0. The molecule has 6 atom stereocenters. The lowest BCUT2D eigenvalue weighted by molar-refractivity contribution is 0.257. The maximum absolute atomic E-state index is 7.13. The van der Waals surface area contributed by atoms with Crippen LogP contribution in [0.25, 0.3) is 0 Å². The van der Waals surface area contributed by atoms with Crippen LogP contribution in [-0.4, -0.2) is 116 Å². The second kappa shape index (κ2) is 20.8. The Morgan fingerprint density at radius 1 is 0.397 bits per heavy atom. The van der Waals surface area contributed by atoms with E-state index in [1.54, 1.807) is 0 Å². The Morgan fingerprint density at radius 2 is 0.833 bits per heavy atom. The minimum absolute atomic E-state index is 0.0319. The van der Waals surface area contributed by atoms with E-state index in [1.165, 1.54) is 38.9 Å². The first-order valence-corrected chi connectivity index (χ1v) is 28.1. The van der Waals surface area contributed by atoms with Gasteiger partial charge in [-0.2, -0.15) is 0 Å². The van der Waals surface area contributed by atoms with Crippen molar-refractivity contribution in [1.82, 2.24) is 0 Å². The standard InChI is InChI=1S/C66H72O12/c1-64(2,46-7-11-50(12-8-46)67-28-53-31-70-53)47-9-17-61(76-37-56-34-73-56)42(22-47)20-44-24-49-25-45(63(44)78-39-58-36-75-58)21-43-23-48(10-18-62(43)77-38-57-35-74-57)65(3,4)59-15-13-51(68-29-54-32-71-54)26-40(59)19-41-27-52(69-30-55-33-72-55)14-16-60(41)66(49,5)6/h7-18,22-27,53-58H,19-21,28-39H2,1-6H3. The zero-order chi connectivity index (χ0) is 53.2. The van der Waals surface area contributed by atoms with Gasteiger partial charge in [-0.05, 0) is 122 Å². The minimum atomic E-state index is -0.523. The molecule has 6 fully saturated rings. The molecule has 6 unspecified atom stereocenters. The molecule has 0 N–H and O–H groups in total. The van der Waals surface area contributed by atoms with E-state index < -0.39 is 10.8 Å². The van der Waals surface area contributed by atoms with Crippen LogP contribution in [0.1, 0.15) is 108 Å². The number of rotatable bonds is 22. The van der Waals surface area contributed by atoms with E-state index in [0.717, 1.165) is 82.1 Å². The summed E-state index contributed by atoms with van der Waals surface area (Å²) in [4.78, 5) is 0. The third kappa shape index (κ3) is 11.8. The fourth-order valence-corrected chi connectivity index (χ4v) is 11.0. The lowest BCUT2D eigenvalue weighted by Crippen LogP contribution is -2.25. The third-order valence-electron chi connectivity index (χ3n) is 16.7. The van der Waals surface area contributed by atoms with Crippen LogP contribution in [0.2, 0.25) is 0 Å². The molecule has 6 aromatic carbocycles. The van der Waals surface area contributed by atoms with Gasteiger partial charge in [0, 0.05) is 29.1 Å². The molecule has 13 rings (SSSR count). The van der Waals surface area contributed by atoms with E-state index >= 15 is 0 Å². The van der Waals surface area contributed by atoms with Crippen LogP contribution in [0.4, 0.5) is 0 Å². The zero-order valence-corrected chi connectivity index (χ0v) is 45.9. The van der Waals surface area contributed by atoms with Crippen molar-refractivity contribution in [3.63, 3.8) is 0 Å². The number of epoxide rings is 6. The summed E-state index contributed by atoms with van der Waals surface area (Å²) in [5.41, 5.74) is 12.4. The highest BCUT2D eigenvalue weighted by atomic mass is 16.6. The monoisotopic (exact) mass is 1060 g/mol. The van der Waals surface area contributed by atoms with Crippen molar-refractivity contribution in [2.24, 2.45) is 0 Å². The highest BCUT2D eigenvalue weighted by Gasteiger charge is 2.36. The number of ether oxygens (including phenoxy) is 12. The van der Waals surface area contributed by atoms with Crippen LogP contribution in [0, 0.1) is 0 Å². The summed E-state index contributed by atoms with van der Waals surface area (Å²) in [7, 11) is 0. The maximum Gasteiger partial charge on any atom is 0.126 e.